The Kier molecular flexibility index (Phi) is 8.18. The number of nitrogens with zero attached hydrogens (tertiary/aromatic N) is 1. The molecule has 1 heterocycles. The van der Waals surface area contributed by atoms with Crippen molar-refractivity contribution in [1.29, 1.82) is 0 Å². The number of carboxylic acid groups (broad SMARTS) is 2. The first-order valence-electron chi connectivity index (χ1n) is 7.63. The number of imidazole rings is 1. The third-order valence-electron chi connectivity index (χ3n) is 3.42. The maximum absolute atomic E-state index is 12.1. The molecule has 0 fully saturated rings. The third-order valence-corrected chi connectivity index (χ3v) is 3.42. The number of H-pyrrole nitrogens is 1. The van der Waals surface area contributed by atoms with E-state index < -0.39 is 48.5 Å². The maximum atomic E-state index is 12.1. The molecule has 3 unspecified atom stereocenters. The van der Waals surface area contributed by atoms with Gasteiger partial charge in [0.15, 0.2) is 0 Å². The van der Waals surface area contributed by atoms with Crippen molar-refractivity contribution in [3.63, 3.8) is 0 Å². The lowest BCUT2D eigenvalue weighted by Crippen LogP contribution is -2.56. The topological polar surface area (TPSA) is 208 Å². The van der Waals surface area contributed by atoms with Crippen molar-refractivity contribution in [2.45, 2.75) is 37.4 Å². The van der Waals surface area contributed by atoms with Crippen molar-refractivity contribution in [2.75, 3.05) is 6.61 Å². The Hall–Kier alpha value is -2.99. The number of carboxylic acids is 2. The Balaban J connectivity index is 2.64. The second-order valence-electron chi connectivity index (χ2n) is 5.46. The van der Waals surface area contributed by atoms with Gasteiger partial charge in [0.1, 0.15) is 12.1 Å². The van der Waals surface area contributed by atoms with Gasteiger partial charge in [-0.25, -0.2) is 9.78 Å². The summed E-state index contributed by atoms with van der Waals surface area (Å²) in [5.41, 5.74) is 5.98. The number of hydrogen-bond acceptors (Lipinski definition) is 7. The number of amides is 2. The maximum Gasteiger partial charge on any atom is 0.326 e. The van der Waals surface area contributed by atoms with Gasteiger partial charge in [0.2, 0.25) is 11.8 Å². The number of aliphatic hydroxyl groups is 1. The van der Waals surface area contributed by atoms with E-state index in [0.29, 0.717) is 5.69 Å². The Morgan fingerprint density at radius 2 is 1.81 bits per heavy atom. The standard InChI is InChI=1S/C14H21N5O7/c15-8(1-2-11(21)22)12(23)19-10(5-20)13(24)18-9(14(25)26)3-7-4-16-6-17-7/h4,6,8-10,20H,1-3,5,15H2,(H,16,17)(H,18,24)(H,19,23)(H,21,22)(H,25,26). The molecule has 0 aromatic carbocycles. The molecule has 12 nitrogen and oxygen atoms in total. The Bertz CT molecular complexity index is 634. The largest absolute Gasteiger partial charge is 0.481 e. The highest BCUT2D eigenvalue weighted by Crippen LogP contribution is 2.01. The fourth-order valence-corrected chi connectivity index (χ4v) is 1.97. The summed E-state index contributed by atoms with van der Waals surface area (Å²) in [5.74, 6) is -4.19. The average Bonchev–Trinajstić information content (AvgIpc) is 3.09. The molecular formula is C14H21N5O7. The minimum absolute atomic E-state index is 0.0781. The molecule has 12 heteroatoms. The van der Waals surface area contributed by atoms with Crippen molar-refractivity contribution in [1.82, 2.24) is 20.6 Å². The number of aliphatic hydroxyl groups excluding tert-OH is 1. The fraction of sp³-hybridized carbons (Fsp3) is 0.500. The SMILES string of the molecule is NC(CCC(=O)O)C(=O)NC(CO)C(=O)NC(Cc1cnc[nH]1)C(=O)O. The van der Waals surface area contributed by atoms with E-state index in [2.05, 4.69) is 20.6 Å². The highest BCUT2D eigenvalue weighted by molar-refractivity contribution is 5.92. The molecule has 0 spiro atoms. The van der Waals surface area contributed by atoms with Crippen molar-refractivity contribution in [2.24, 2.45) is 5.73 Å². The summed E-state index contributed by atoms with van der Waals surface area (Å²) >= 11 is 0. The zero-order valence-corrected chi connectivity index (χ0v) is 13.7. The molecule has 0 saturated heterocycles. The number of carbonyl (C=O) groups excluding carboxylic acids is 2. The molecule has 2 amide bonds. The highest BCUT2D eigenvalue weighted by atomic mass is 16.4. The summed E-state index contributed by atoms with van der Waals surface area (Å²) in [6.07, 6.45) is 2.18. The van der Waals surface area contributed by atoms with Gasteiger partial charge < -0.3 is 36.7 Å². The molecule has 3 atom stereocenters. The quantitative estimate of drug-likeness (QED) is 0.214. The number of aromatic amines is 1. The summed E-state index contributed by atoms with van der Waals surface area (Å²) in [5, 5.41) is 31.4. The Morgan fingerprint density at radius 3 is 2.31 bits per heavy atom. The molecule has 1 aromatic rings. The molecule has 26 heavy (non-hydrogen) atoms. The van der Waals surface area contributed by atoms with Crippen molar-refractivity contribution >= 4 is 23.8 Å². The molecule has 0 radical (unpaired) electrons. The molecule has 1 aromatic heterocycles. The fourth-order valence-electron chi connectivity index (χ4n) is 1.97. The van der Waals surface area contributed by atoms with Crippen molar-refractivity contribution in [3.05, 3.63) is 18.2 Å². The molecule has 144 valence electrons. The molecule has 0 bridgehead atoms. The number of nitrogens with one attached hydrogen (secondary N) is 3. The number of aliphatic carboxylic acids is 2. The molecule has 8 N–H and O–H groups in total. The molecule has 0 aliphatic heterocycles. The summed E-state index contributed by atoms with van der Waals surface area (Å²) in [6, 6.07) is -3.93. The van der Waals surface area contributed by atoms with Gasteiger partial charge in [-0.15, -0.1) is 0 Å². The highest BCUT2D eigenvalue weighted by Gasteiger charge is 2.28. The smallest absolute Gasteiger partial charge is 0.326 e. The Labute approximate surface area is 147 Å². The third kappa shape index (κ3) is 6.86. The number of aromatic nitrogens is 2. The van der Waals surface area contributed by atoms with E-state index >= 15 is 0 Å². The number of nitrogens with two attached hydrogens (primary N) is 1. The summed E-state index contributed by atoms with van der Waals surface area (Å²) in [7, 11) is 0. The average molecular weight is 371 g/mol. The van der Waals surface area contributed by atoms with Crippen LogP contribution in [-0.4, -0.2) is 73.8 Å². The van der Waals surface area contributed by atoms with Crippen LogP contribution in [0.15, 0.2) is 12.5 Å². The zero-order valence-electron chi connectivity index (χ0n) is 13.7. The van der Waals surface area contributed by atoms with E-state index in [9.17, 15) is 29.4 Å². The summed E-state index contributed by atoms with van der Waals surface area (Å²) in [6.45, 7) is -0.792. The van der Waals surface area contributed by atoms with Gasteiger partial charge in [-0.2, -0.15) is 0 Å². The van der Waals surface area contributed by atoms with E-state index in [4.69, 9.17) is 10.8 Å². The van der Waals surface area contributed by atoms with E-state index in [1.807, 2.05) is 0 Å². The van der Waals surface area contributed by atoms with Gasteiger partial charge in [0.05, 0.1) is 19.0 Å². The molecular weight excluding hydrogens is 350 g/mol. The minimum Gasteiger partial charge on any atom is -0.481 e. The van der Waals surface area contributed by atoms with Crippen LogP contribution in [0, 0.1) is 0 Å². The van der Waals surface area contributed by atoms with Crippen LogP contribution >= 0.6 is 0 Å². The molecule has 1 rings (SSSR count). The van der Waals surface area contributed by atoms with Crippen LogP contribution in [0.4, 0.5) is 0 Å². The number of carbonyl (C=O) groups is 4. The lowest BCUT2D eigenvalue weighted by atomic mass is 10.1. The molecule has 0 aliphatic carbocycles. The van der Waals surface area contributed by atoms with Gasteiger partial charge in [-0.1, -0.05) is 0 Å². The lowest BCUT2D eigenvalue weighted by molar-refractivity contribution is -0.142. The normalized spacial score (nSPS) is 14.1. The molecule has 0 aliphatic rings. The number of rotatable bonds is 11. The summed E-state index contributed by atoms with van der Waals surface area (Å²) < 4.78 is 0. The first-order chi connectivity index (χ1) is 12.2. The van der Waals surface area contributed by atoms with E-state index in [-0.39, 0.29) is 19.3 Å². The van der Waals surface area contributed by atoms with Crippen LogP contribution in [0.5, 0.6) is 0 Å². The van der Waals surface area contributed by atoms with E-state index in [1.165, 1.54) is 12.5 Å². The van der Waals surface area contributed by atoms with E-state index in [1.54, 1.807) is 0 Å². The van der Waals surface area contributed by atoms with Crippen LogP contribution in [-0.2, 0) is 25.6 Å². The van der Waals surface area contributed by atoms with Gasteiger partial charge >= 0.3 is 11.9 Å². The van der Waals surface area contributed by atoms with E-state index in [0.717, 1.165) is 0 Å². The van der Waals surface area contributed by atoms with Gasteiger partial charge in [0, 0.05) is 24.7 Å². The zero-order chi connectivity index (χ0) is 19.7. The number of hydrogen-bond donors (Lipinski definition) is 7. The van der Waals surface area contributed by atoms with Gasteiger partial charge in [-0.3, -0.25) is 14.4 Å². The second-order valence-corrected chi connectivity index (χ2v) is 5.46. The van der Waals surface area contributed by atoms with Crippen molar-refractivity contribution in [3.8, 4) is 0 Å². The van der Waals surface area contributed by atoms with Crippen LogP contribution in [0.3, 0.4) is 0 Å². The second kappa shape index (κ2) is 10.1. The van der Waals surface area contributed by atoms with Crippen LogP contribution in [0.1, 0.15) is 18.5 Å². The minimum atomic E-state index is -1.43. The van der Waals surface area contributed by atoms with Gasteiger partial charge in [-0.05, 0) is 6.42 Å². The monoisotopic (exact) mass is 371 g/mol. The van der Waals surface area contributed by atoms with Gasteiger partial charge in [0.25, 0.3) is 0 Å². The predicted octanol–water partition coefficient (Wildman–Crippen LogP) is -2.81. The first-order valence-corrected chi connectivity index (χ1v) is 7.63. The summed E-state index contributed by atoms with van der Waals surface area (Å²) in [4.78, 5) is 52.2. The van der Waals surface area contributed by atoms with Crippen LogP contribution in [0.25, 0.3) is 0 Å². The predicted molar refractivity (Wildman–Crippen MR) is 85.7 cm³/mol. The lowest BCUT2D eigenvalue weighted by Gasteiger charge is -2.21. The van der Waals surface area contributed by atoms with Crippen molar-refractivity contribution < 1.29 is 34.5 Å². The van der Waals surface area contributed by atoms with Crippen LogP contribution < -0.4 is 16.4 Å². The van der Waals surface area contributed by atoms with Crippen LogP contribution in [0.2, 0.25) is 0 Å². The molecule has 0 saturated carbocycles. The Morgan fingerprint density at radius 1 is 1.15 bits per heavy atom. The first kappa shape index (κ1) is 21.1.